The number of hydrogen-bond acceptors (Lipinski definition) is 0. The van der Waals surface area contributed by atoms with Gasteiger partial charge >= 0.3 is 0 Å². The van der Waals surface area contributed by atoms with Crippen LogP contribution in [0.4, 0.5) is 0 Å². The normalized spacial score (nSPS) is 17.2. The molecule has 8 aromatic carbocycles. The van der Waals surface area contributed by atoms with Gasteiger partial charge in [-0.2, -0.15) is 0 Å². The summed E-state index contributed by atoms with van der Waals surface area (Å²) in [5.41, 5.74) is 0.800. The Kier molecular flexibility index (Phi) is 3.42. The predicted octanol–water partition coefficient (Wildman–Crippen LogP) is 12.9. The van der Waals surface area contributed by atoms with Crippen molar-refractivity contribution >= 4 is 43.6 Å². The molecule has 2 heterocycles. The van der Waals surface area contributed by atoms with E-state index < -0.39 is 131 Å². The number of aromatic nitrogens is 2. The summed E-state index contributed by atoms with van der Waals surface area (Å²) >= 11 is 0. The van der Waals surface area contributed by atoms with Crippen LogP contribution >= 0.6 is 0 Å². The van der Waals surface area contributed by atoms with Crippen LogP contribution in [0.25, 0.3) is 88.4 Å². The van der Waals surface area contributed by atoms with Gasteiger partial charge in [-0.3, -0.25) is 0 Å². The van der Waals surface area contributed by atoms with Gasteiger partial charge < -0.3 is 9.13 Å². The van der Waals surface area contributed by atoms with Crippen molar-refractivity contribution in [3.8, 4) is 44.8 Å². The first-order valence-electron chi connectivity index (χ1n) is 25.5. The quantitative estimate of drug-likeness (QED) is 0.174. The molecule has 2 aromatic heterocycles. The van der Waals surface area contributed by atoms with Gasteiger partial charge in [-0.1, -0.05) is 133 Å². The fourth-order valence-corrected chi connectivity index (χ4v) is 6.52. The van der Waals surface area contributed by atoms with Crippen molar-refractivity contribution < 1.29 is 27.4 Å². The van der Waals surface area contributed by atoms with Crippen molar-refractivity contribution in [1.82, 2.24) is 9.13 Å². The van der Waals surface area contributed by atoms with E-state index in [1.165, 1.54) is 21.3 Å². The predicted molar refractivity (Wildman–Crippen MR) is 211 cm³/mol. The summed E-state index contributed by atoms with van der Waals surface area (Å²) in [6.07, 6.45) is 0. The monoisotopic (exact) mass is 656 g/mol. The van der Waals surface area contributed by atoms with Crippen molar-refractivity contribution in [1.29, 1.82) is 0 Å². The molecule has 0 saturated carbocycles. The Bertz CT molecular complexity index is 3940. The molecule has 0 atom stereocenters. The second-order valence-electron chi connectivity index (χ2n) is 11.5. The van der Waals surface area contributed by atoms with E-state index >= 15 is 0 Å². The van der Waals surface area contributed by atoms with Gasteiger partial charge in [0.25, 0.3) is 0 Å². The number of fused-ring (bicyclic) bond motifs is 6. The van der Waals surface area contributed by atoms with Gasteiger partial charge in [0.2, 0.25) is 0 Å². The van der Waals surface area contributed by atoms with Crippen LogP contribution in [0.1, 0.15) is 27.4 Å². The van der Waals surface area contributed by atoms with Crippen molar-refractivity contribution in [3.63, 3.8) is 0 Å². The molecule has 0 fully saturated rings. The Morgan fingerprint density at radius 3 is 1.38 bits per heavy atom. The highest BCUT2D eigenvalue weighted by Crippen LogP contribution is 2.39. The third kappa shape index (κ3) is 4.57. The van der Waals surface area contributed by atoms with Crippen LogP contribution in [-0.2, 0) is 0 Å². The van der Waals surface area contributed by atoms with E-state index in [1.54, 1.807) is 48.5 Å². The van der Waals surface area contributed by atoms with Crippen molar-refractivity contribution in [3.05, 3.63) is 194 Å². The summed E-state index contributed by atoms with van der Waals surface area (Å²) in [6, 6.07) is 8.83. The molecule has 50 heavy (non-hydrogen) atoms. The third-order valence-electron chi connectivity index (χ3n) is 8.72. The van der Waals surface area contributed by atoms with Gasteiger partial charge in [-0.05, 0) is 93.9 Å². The fourth-order valence-electron chi connectivity index (χ4n) is 6.52. The van der Waals surface area contributed by atoms with Gasteiger partial charge in [-0.25, -0.2) is 0 Å². The van der Waals surface area contributed by atoms with Crippen LogP contribution < -0.4 is 0 Å². The Balaban J connectivity index is 1.19. The number of nitrogens with zero attached hydrogens (tertiary/aromatic N) is 2. The van der Waals surface area contributed by atoms with E-state index in [0.29, 0.717) is 54.7 Å². The highest BCUT2D eigenvalue weighted by Gasteiger charge is 2.16. The minimum atomic E-state index is -0.692. The highest BCUT2D eigenvalue weighted by molar-refractivity contribution is 6.12. The lowest BCUT2D eigenvalue weighted by molar-refractivity contribution is 1.18. The molecule has 0 aliphatic rings. The zero-order valence-corrected chi connectivity index (χ0v) is 25.8. The van der Waals surface area contributed by atoms with Crippen LogP contribution in [-0.4, -0.2) is 9.13 Å². The SMILES string of the molecule is [2H]c1ccc2c(c1)c1cc(-c3ccc4c(c3)c3cc([2H])ccc3n4-c3c([2H])c([2H])c([2H])c(-c4c([2H])c([2H])c([2H])c([2H])c4[2H])c3[2H])ccc1n2-c1c([2H])c([2H])c(-c2c([2H])c([2H])c([2H])c([2H])c2[2H])c([2H])c1[2H]. The molecule has 0 N–H and O–H groups in total. The number of hydrogen-bond donors (Lipinski definition) is 0. The van der Waals surface area contributed by atoms with Crippen LogP contribution in [0.2, 0.25) is 0 Å². The molecule has 0 unspecified atom stereocenters. The molecular formula is C48H32N2. The van der Waals surface area contributed by atoms with Crippen molar-refractivity contribution in [2.24, 2.45) is 0 Å². The number of rotatable bonds is 5. The first kappa shape index (κ1) is 14.9. The molecule has 0 saturated heterocycles. The second kappa shape index (κ2) is 11.5. The first-order chi connectivity index (χ1) is 33.1. The lowest BCUT2D eigenvalue weighted by Gasteiger charge is -2.11. The second-order valence-corrected chi connectivity index (χ2v) is 11.5. The van der Waals surface area contributed by atoms with E-state index in [9.17, 15) is 4.11 Å². The topological polar surface area (TPSA) is 9.86 Å². The molecule has 0 spiro atoms. The Morgan fingerprint density at radius 2 is 0.800 bits per heavy atom. The van der Waals surface area contributed by atoms with Crippen LogP contribution in [0.5, 0.6) is 0 Å². The molecule has 2 nitrogen and oxygen atoms in total. The van der Waals surface area contributed by atoms with E-state index in [1.807, 2.05) is 12.1 Å². The smallest absolute Gasteiger partial charge is 0.0651 e. The average Bonchev–Trinajstić information content (AvgIpc) is 3.82. The molecular weight excluding hydrogens is 605 g/mol. The molecule has 10 aromatic rings. The van der Waals surface area contributed by atoms with Crippen molar-refractivity contribution in [2.45, 2.75) is 0 Å². The Hall–Kier alpha value is -6.64. The summed E-state index contributed by atoms with van der Waals surface area (Å²) in [6.45, 7) is 0. The maximum atomic E-state index is 9.45. The molecule has 2 heteroatoms. The minimum absolute atomic E-state index is 0.132. The molecule has 234 valence electrons. The van der Waals surface area contributed by atoms with Crippen molar-refractivity contribution in [2.75, 3.05) is 0 Å². The van der Waals surface area contributed by atoms with Gasteiger partial charge in [0, 0.05) is 32.9 Å². The first-order valence-corrected chi connectivity index (χ1v) is 15.5. The highest BCUT2D eigenvalue weighted by atomic mass is 15.0. The lowest BCUT2D eigenvalue weighted by atomic mass is 10.0. The van der Waals surface area contributed by atoms with E-state index in [0.717, 1.165) is 0 Å². The summed E-state index contributed by atoms with van der Waals surface area (Å²) in [5.74, 6) is 0. The molecule has 0 bridgehead atoms. The van der Waals surface area contributed by atoms with Crippen LogP contribution in [0.3, 0.4) is 0 Å². The molecule has 0 aliphatic heterocycles. The minimum Gasteiger partial charge on any atom is -0.309 e. The van der Waals surface area contributed by atoms with E-state index in [-0.39, 0.29) is 23.5 Å². The summed E-state index contributed by atoms with van der Waals surface area (Å²) < 4.78 is 176. The zero-order chi connectivity index (χ0) is 50.4. The molecule has 0 radical (unpaired) electrons. The third-order valence-corrected chi connectivity index (χ3v) is 8.72. The van der Waals surface area contributed by atoms with Gasteiger partial charge in [0.15, 0.2) is 0 Å². The maximum absolute atomic E-state index is 9.45. The van der Waals surface area contributed by atoms with Crippen LogP contribution in [0, 0.1) is 0 Å². The summed E-state index contributed by atoms with van der Waals surface area (Å²) in [5, 5.41) is 2.14. The largest absolute Gasteiger partial charge is 0.309 e. The number of benzene rings is 8. The molecule has 0 aliphatic carbocycles. The van der Waals surface area contributed by atoms with Gasteiger partial charge in [-0.15, -0.1) is 0 Å². The summed E-state index contributed by atoms with van der Waals surface area (Å²) in [4.78, 5) is 0. The number of para-hydroxylation sites is 2. The lowest BCUT2D eigenvalue weighted by Crippen LogP contribution is -1.94. The standard InChI is InChI=1S/C48H32N2/c1-3-12-33(13-4-1)35-22-26-39(27-23-35)49-45-20-9-7-18-41(45)43-31-37(24-28-47(43)49)38-25-29-48-44(32-38)42-19-8-10-21-46(42)50(48)40-17-11-16-36(30-40)34-14-5-2-6-15-34/h1-32H/i1D,2D,3D,4D,5D,6D,7D,8D,11D,12D,13D,14D,15D,16D,17D,22D,23D,26D,27D,30D. The van der Waals surface area contributed by atoms with Gasteiger partial charge in [0.05, 0.1) is 49.5 Å². The molecule has 0 amide bonds. The Labute approximate surface area is 318 Å². The summed E-state index contributed by atoms with van der Waals surface area (Å²) in [7, 11) is 0. The fraction of sp³-hybridized carbons (Fsp3) is 0. The maximum Gasteiger partial charge on any atom is 0.0651 e. The zero-order valence-electron chi connectivity index (χ0n) is 45.8. The van der Waals surface area contributed by atoms with Crippen LogP contribution in [0.15, 0.2) is 194 Å². The van der Waals surface area contributed by atoms with E-state index in [2.05, 4.69) is 0 Å². The molecule has 10 rings (SSSR count). The average molecular weight is 657 g/mol. The van der Waals surface area contributed by atoms with E-state index in [4.69, 9.17) is 23.3 Å². The van der Waals surface area contributed by atoms with Gasteiger partial charge in [0.1, 0.15) is 0 Å². The Morgan fingerprint density at radius 1 is 0.320 bits per heavy atom.